The summed E-state index contributed by atoms with van der Waals surface area (Å²) in [5.74, 6) is -0.272. The number of phenolic OH excluding ortho intramolecular Hbond substituents is 1. The minimum absolute atomic E-state index is 0.0697. The Bertz CT molecular complexity index is 1400. The molecule has 32 heavy (non-hydrogen) atoms. The second-order valence-corrected chi connectivity index (χ2v) is 9.77. The zero-order chi connectivity index (χ0) is 23.0. The second kappa shape index (κ2) is 9.05. The van der Waals surface area contributed by atoms with E-state index < -0.39 is 12.0 Å². The second-order valence-electron chi connectivity index (χ2n) is 6.86. The Hall–Kier alpha value is -2.69. The van der Waals surface area contributed by atoms with Crippen LogP contribution in [0.15, 0.2) is 55.2 Å². The number of carbonyl (C=O) groups is 1. The summed E-state index contributed by atoms with van der Waals surface area (Å²) < 4.78 is 13.1. The van der Waals surface area contributed by atoms with Crippen molar-refractivity contribution in [3.05, 3.63) is 75.5 Å². The zero-order valence-electron chi connectivity index (χ0n) is 17.4. The third kappa shape index (κ3) is 3.94. The Kier molecular flexibility index (Phi) is 6.36. The van der Waals surface area contributed by atoms with Crippen molar-refractivity contribution in [2.45, 2.75) is 19.9 Å². The van der Waals surface area contributed by atoms with Crippen molar-refractivity contribution in [3.63, 3.8) is 0 Å². The van der Waals surface area contributed by atoms with Crippen molar-refractivity contribution < 1.29 is 19.4 Å². The lowest BCUT2D eigenvalue weighted by Gasteiger charge is -2.23. The van der Waals surface area contributed by atoms with Gasteiger partial charge in [0, 0.05) is 14.9 Å². The summed E-state index contributed by atoms with van der Waals surface area (Å²) in [4.78, 5) is 32.1. The van der Waals surface area contributed by atoms with E-state index in [2.05, 4.69) is 20.9 Å². The maximum Gasteiger partial charge on any atom is 0.338 e. The van der Waals surface area contributed by atoms with E-state index in [4.69, 9.17) is 9.47 Å². The number of nitrogens with zero attached hydrogens (tertiary/aromatic N) is 2. The first-order valence-electron chi connectivity index (χ1n) is 9.65. The molecular weight excluding hydrogens is 516 g/mol. The maximum atomic E-state index is 13.5. The molecule has 166 valence electrons. The van der Waals surface area contributed by atoms with Crippen LogP contribution in [0.5, 0.6) is 11.5 Å². The predicted octanol–water partition coefficient (Wildman–Crippen LogP) is 3.34. The van der Waals surface area contributed by atoms with Crippen LogP contribution >= 0.6 is 38.6 Å². The van der Waals surface area contributed by atoms with Crippen LogP contribution in [0.4, 0.5) is 0 Å². The number of thiophene rings is 1. The fourth-order valence-electron chi connectivity index (χ4n) is 3.51. The molecule has 3 aromatic rings. The van der Waals surface area contributed by atoms with Crippen LogP contribution in [0, 0.1) is 0 Å². The monoisotopic (exact) mass is 534 g/mol. The fourth-order valence-corrected chi connectivity index (χ4v) is 5.82. The molecular formula is C22H19BrN2O5S2. The average Bonchev–Trinajstić information content (AvgIpc) is 3.38. The zero-order valence-corrected chi connectivity index (χ0v) is 20.6. The molecule has 3 heterocycles. The van der Waals surface area contributed by atoms with Gasteiger partial charge in [-0.15, -0.1) is 11.3 Å². The van der Waals surface area contributed by atoms with Crippen LogP contribution in [0.2, 0.25) is 0 Å². The van der Waals surface area contributed by atoms with Crippen molar-refractivity contribution in [1.82, 2.24) is 4.57 Å². The van der Waals surface area contributed by atoms with Crippen LogP contribution in [0.25, 0.3) is 6.08 Å². The SMILES string of the molecule is CCOC(=O)C1=C(C)N=c2s/c(=C/c3cc(Br)cc(OC)c3O)c(=O)n2C1c1cccs1. The number of thiazole rings is 1. The van der Waals surface area contributed by atoms with E-state index >= 15 is 0 Å². The molecule has 0 fully saturated rings. The smallest absolute Gasteiger partial charge is 0.338 e. The van der Waals surface area contributed by atoms with Crippen LogP contribution in [-0.4, -0.2) is 29.4 Å². The number of methoxy groups -OCH3 is 1. The minimum Gasteiger partial charge on any atom is -0.504 e. The van der Waals surface area contributed by atoms with Gasteiger partial charge in [0.15, 0.2) is 16.3 Å². The maximum absolute atomic E-state index is 13.5. The minimum atomic E-state index is -0.627. The number of phenols is 1. The van der Waals surface area contributed by atoms with Gasteiger partial charge in [0.1, 0.15) is 6.04 Å². The summed E-state index contributed by atoms with van der Waals surface area (Å²) in [6, 6.07) is 6.47. The number of fused-ring (bicyclic) bond motifs is 1. The molecule has 0 amide bonds. The van der Waals surface area contributed by atoms with Gasteiger partial charge in [-0.3, -0.25) is 9.36 Å². The van der Waals surface area contributed by atoms with Crippen LogP contribution in [0.1, 0.15) is 30.3 Å². The summed E-state index contributed by atoms with van der Waals surface area (Å²) in [5, 5.41) is 12.4. The predicted molar refractivity (Wildman–Crippen MR) is 127 cm³/mol. The topological polar surface area (TPSA) is 90.1 Å². The number of hydrogen-bond acceptors (Lipinski definition) is 8. The van der Waals surface area contributed by atoms with Gasteiger partial charge < -0.3 is 14.6 Å². The van der Waals surface area contributed by atoms with Gasteiger partial charge in [-0.1, -0.05) is 33.3 Å². The molecule has 1 aliphatic rings. The van der Waals surface area contributed by atoms with Crippen LogP contribution in [0.3, 0.4) is 0 Å². The van der Waals surface area contributed by atoms with Gasteiger partial charge >= 0.3 is 5.97 Å². The molecule has 0 radical (unpaired) electrons. The number of benzene rings is 1. The third-order valence-corrected chi connectivity index (χ3v) is 7.27. The molecule has 1 atom stereocenters. The van der Waals surface area contributed by atoms with Crippen molar-refractivity contribution in [2.75, 3.05) is 13.7 Å². The first kappa shape index (κ1) is 22.5. The highest BCUT2D eigenvalue weighted by molar-refractivity contribution is 9.10. The number of aromatic hydroxyl groups is 1. The van der Waals surface area contributed by atoms with E-state index in [1.54, 1.807) is 32.1 Å². The van der Waals surface area contributed by atoms with E-state index in [-0.39, 0.29) is 23.7 Å². The van der Waals surface area contributed by atoms with E-state index in [1.165, 1.54) is 34.4 Å². The largest absolute Gasteiger partial charge is 0.504 e. The van der Waals surface area contributed by atoms with Gasteiger partial charge in [-0.2, -0.15) is 0 Å². The number of hydrogen-bond donors (Lipinski definition) is 1. The summed E-state index contributed by atoms with van der Waals surface area (Å²) in [6.45, 7) is 3.71. The molecule has 7 nitrogen and oxygen atoms in total. The molecule has 0 saturated heterocycles. The average molecular weight is 535 g/mol. The van der Waals surface area contributed by atoms with Gasteiger partial charge in [0.05, 0.1) is 29.5 Å². The number of aromatic nitrogens is 1. The highest BCUT2D eigenvalue weighted by Gasteiger charge is 2.33. The number of carbonyl (C=O) groups excluding carboxylic acids is 1. The summed E-state index contributed by atoms with van der Waals surface area (Å²) in [7, 11) is 1.46. The van der Waals surface area contributed by atoms with Crippen molar-refractivity contribution >= 4 is 50.6 Å². The highest BCUT2D eigenvalue weighted by Crippen LogP contribution is 2.35. The third-order valence-electron chi connectivity index (χ3n) is 4.91. The first-order valence-corrected chi connectivity index (χ1v) is 12.1. The van der Waals surface area contributed by atoms with Crippen molar-refractivity contribution in [2.24, 2.45) is 4.99 Å². The Morgan fingerprint density at radius 1 is 1.41 bits per heavy atom. The van der Waals surface area contributed by atoms with Gasteiger partial charge in [0.2, 0.25) is 0 Å². The van der Waals surface area contributed by atoms with Gasteiger partial charge in [-0.25, -0.2) is 9.79 Å². The van der Waals surface area contributed by atoms with Crippen LogP contribution in [-0.2, 0) is 9.53 Å². The molecule has 4 rings (SSSR count). The van der Waals surface area contributed by atoms with Crippen LogP contribution < -0.4 is 19.6 Å². The molecule has 0 aliphatic carbocycles. The lowest BCUT2D eigenvalue weighted by molar-refractivity contribution is -0.139. The highest BCUT2D eigenvalue weighted by atomic mass is 79.9. The number of ether oxygens (including phenoxy) is 2. The van der Waals surface area contributed by atoms with Gasteiger partial charge in [-0.05, 0) is 43.5 Å². The molecule has 2 aromatic heterocycles. The Morgan fingerprint density at radius 3 is 2.84 bits per heavy atom. The Labute approximate surface area is 199 Å². The van der Waals surface area contributed by atoms with Crippen molar-refractivity contribution in [3.8, 4) is 11.5 Å². The van der Waals surface area contributed by atoms with E-state index in [0.717, 1.165) is 4.88 Å². The van der Waals surface area contributed by atoms with Crippen molar-refractivity contribution in [1.29, 1.82) is 0 Å². The summed E-state index contributed by atoms with van der Waals surface area (Å²) >= 11 is 6.04. The lowest BCUT2D eigenvalue weighted by Crippen LogP contribution is -2.39. The normalized spacial score (nSPS) is 16.0. The number of rotatable bonds is 5. The molecule has 0 spiro atoms. The summed E-state index contributed by atoms with van der Waals surface area (Å²) in [6.07, 6.45) is 1.60. The number of halogens is 1. The standard InChI is InChI=1S/C22H19BrN2O5S2/c1-4-30-21(28)17-11(2)24-22-25(18(17)15-6-5-7-31-15)20(27)16(32-22)9-12-8-13(23)10-14(29-3)19(12)26/h5-10,18,26H,4H2,1-3H3/b16-9+. The fraction of sp³-hybridized carbons (Fsp3) is 0.227. The molecule has 1 unspecified atom stereocenters. The quantitative estimate of drug-likeness (QED) is 0.507. The van der Waals surface area contributed by atoms with E-state index in [0.29, 0.717) is 30.6 Å². The Balaban J connectivity index is 1.96. The molecule has 1 aromatic carbocycles. The molecule has 1 N–H and O–H groups in total. The van der Waals surface area contributed by atoms with E-state index in [9.17, 15) is 14.7 Å². The Morgan fingerprint density at radius 2 is 2.19 bits per heavy atom. The molecule has 0 bridgehead atoms. The van der Waals surface area contributed by atoms with E-state index in [1.807, 2.05) is 17.5 Å². The number of allylic oxidation sites excluding steroid dienone is 1. The number of esters is 1. The molecule has 1 aliphatic heterocycles. The first-order chi connectivity index (χ1) is 15.3. The molecule has 10 heteroatoms. The molecule has 0 saturated carbocycles. The van der Waals surface area contributed by atoms with Gasteiger partial charge in [0.25, 0.3) is 5.56 Å². The summed E-state index contributed by atoms with van der Waals surface area (Å²) in [5.41, 5.74) is 0.983. The lowest BCUT2D eigenvalue weighted by atomic mass is 10.0.